The molecule has 1 aromatic heterocycles. The summed E-state index contributed by atoms with van der Waals surface area (Å²) >= 11 is 0. The molecule has 1 aromatic carbocycles. The Hall–Kier alpha value is -1.58. The van der Waals surface area contributed by atoms with E-state index in [-0.39, 0.29) is 0 Å². The van der Waals surface area contributed by atoms with Crippen molar-refractivity contribution in [2.75, 3.05) is 6.61 Å². The summed E-state index contributed by atoms with van der Waals surface area (Å²) in [5.74, 6) is 1.11. The summed E-state index contributed by atoms with van der Waals surface area (Å²) in [4.78, 5) is 6.05. The van der Waals surface area contributed by atoms with Gasteiger partial charge in [-0.2, -0.15) is 5.06 Å². The third-order valence-electron chi connectivity index (χ3n) is 4.89. The van der Waals surface area contributed by atoms with E-state index in [9.17, 15) is 0 Å². The molecule has 2 aliphatic rings. The van der Waals surface area contributed by atoms with E-state index in [0.29, 0.717) is 23.9 Å². The second-order valence-electron chi connectivity index (χ2n) is 6.53. The van der Waals surface area contributed by atoms with Gasteiger partial charge in [0.15, 0.2) is 0 Å². The molecule has 3 nitrogen and oxygen atoms in total. The van der Waals surface area contributed by atoms with Crippen LogP contribution in [-0.4, -0.2) is 22.3 Å². The summed E-state index contributed by atoms with van der Waals surface area (Å²) in [5, 5.41) is 2.22. The Kier molecular flexibility index (Phi) is 3.12. The number of hydrogen-bond acceptors (Lipinski definition) is 2. The number of hydrogen-bond donors (Lipinski definition) is 0. The van der Waals surface area contributed by atoms with Crippen LogP contribution in [0.15, 0.2) is 48.7 Å². The van der Waals surface area contributed by atoms with E-state index in [1.807, 2.05) is 0 Å². The fourth-order valence-corrected chi connectivity index (χ4v) is 4.02. The Labute approximate surface area is 126 Å². The second-order valence-corrected chi connectivity index (χ2v) is 6.53. The maximum atomic E-state index is 6.05. The molecule has 3 heterocycles. The zero-order chi connectivity index (χ0) is 14.4. The standard InChI is InChI=1S/C18H22N2O/c1-13(2)17-18-15(16-9-6-10-19(16)17)12-21-20(18)11-14-7-4-3-5-8-14/h3-10,13,15,17-18H,11-12H2,1-2H3/t15-,17+,18-/m1/s1. The third-order valence-corrected chi connectivity index (χ3v) is 4.89. The molecule has 0 aliphatic carbocycles. The average molecular weight is 282 g/mol. The molecule has 0 N–H and O–H groups in total. The summed E-state index contributed by atoms with van der Waals surface area (Å²) in [6.07, 6.45) is 2.24. The van der Waals surface area contributed by atoms with E-state index in [1.165, 1.54) is 11.3 Å². The average Bonchev–Trinajstić information content (AvgIpc) is 3.13. The van der Waals surface area contributed by atoms with Gasteiger partial charge in [-0.25, -0.2) is 0 Å². The van der Waals surface area contributed by atoms with Crippen LogP contribution in [0.2, 0.25) is 0 Å². The molecule has 0 radical (unpaired) electrons. The van der Waals surface area contributed by atoms with Crippen molar-refractivity contribution in [3.8, 4) is 0 Å². The van der Waals surface area contributed by atoms with Crippen molar-refractivity contribution < 1.29 is 4.84 Å². The molecule has 2 aromatic rings. The highest BCUT2D eigenvalue weighted by molar-refractivity contribution is 5.25. The Balaban J connectivity index is 1.64. The smallest absolute Gasteiger partial charge is 0.0785 e. The molecule has 0 saturated carbocycles. The monoisotopic (exact) mass is 282 g/mol. The predicted molar refractivity (Wildman–Crippen MR) is 82.8 cm³/mol. The summed E-state index contributed by atoms with van der Waals surface area (Å²) < 4.78 is 2.47. The van der Waals surface area contributed by atoms with Crippen LogP contribution in [-0.2, 0) is 11.4 Å². The number of hydroxylamine groups is 2. The third kappa shape index (κ3) is 2.03. The summed E-state index contributed by atoms with van der Waals surface area (Å²) in [6, 6.07) is 16.0. The molecule has 1 saturated heterocycles. The molecule has 0 spiro atoms. The molecule has 0 unspecified atom stereocenters. The van der Waals surface area contributed by atoms with Crippen LogP contribution < -0.4 is 0 Å². The quantitative estimate of drug-likeness (QED) is 0.856. The lowest BCUT2D eigenvalue weighted by molar-refractivity contribution is -0.149. The second kappa shape index (κ2) is 5.00. The minimum absolute atomic E-state index is 0.460. The molecule has 2 aliphatic heterocycles. The van der Waals surface area contributed by atoms with Gasteiger partial charge in [0, 0.05) is 24.4 Å². The van der Waals surface area contributed by atoms with Crippen LogP contribution in [0.1, 0.15) is 37.1 Å². The summed E-state index contributed by atoms with van der Waals surface area (Å²) in [5.41, 5.74) is 2.76. The number of benzene rings is 1. The first kappa shape index (κ1) is 13.1. The maximum Gasteiger partial charge on any atom is 0.0785 e. The van der Waals surface area contributed by atoms with Crippen molar-refractivity contribution in [1.82, 2.24) is 9.63 Å². The number of aromatic nitrogens is 1. The van der Waals surface area contributed by atoms with Crippen molar-refractivity contribution in [3.63, 3.8) is 0 Å². The largest absolute Gasteiger partial charge is 0.346 e. The minimum atomic E-state index is 0.460. The first-order valence-electron chi connectivity index (χ1n) is 7.86. The van der Waals surface area contributed by atoms with Crippen LogP contribution in [0, 0.1) is 5.92 Å². The van der Waals surface area contributed by atoms with E-state index in [1.54, 1.807) is 0 Å². The number of nitrogens with zero attached hydrogens (tertiary/aromatic N) is 2. The zero-order valence-electron chi connectivity index (χ0n) is 12.6. The normalized spacial score (nSPS) is 28.0. The molecule has 1 fully saturated rings. The van der Waals surface area contributed by atoms with E-state index in [0.717, 1.165) is 13.2 Å². The molecule has 0 amide bonds. The van der Waals surface area contributed by atoms with Gasteiger partial charge in [-0.15, -0.1) is 0 Å². The van der Waals surface area contributed by atoms with E-state index < -0.39 is 0 Å². The summed E-state index contributed by atoms with van der Waals surface area (Å²) in [7, 11) is 0. The van der Waals surface area contributed by atoms with Gasteiger partial charge in [0.25, 0.3) is 0 Å². The van der Waals surface area contributed by atoms with Crippen molar-refractivity contribution in [2.45, 2.75) is 38.4 Å². The van der Waals surface area contributed by atoms with Crippen LogP contribution >= 0.6 is 0 Å². The highest BCUT2D eigenvalue weighted by atomic mass is 16.7. The van der Waals surface area contributed by atoms with Crippen molar-refractivity contribution in [2.24, 2.45) is 5.92 Å². The highest BCUT2D eigenvalue weighted by Gasteiger charge is 2.49. The van der Waals surface area contributed by atoms with Crippen LogP contribution in [0.3, 0.4) is 0 Å². The molecule has 0 bridgehead atoms. The van der Waals surface area contributed by atoms with Crippen molar-refractivity contribution >= 4 is 0 Å². The van der Waals surface area contributed by atoms with Gasteiger partial charge >= 0.3 is 0 Å². The van der Waals surface area contributed by atoms with Gasteiger partial charge in [-0.1, -0.05) is 44.2 Å². The van der Waals surface area contributed by atoms with Crippen LogP contribution in [0.25, 0.3) is 0 Å². The van der Waals surface area contributed by atoms with E-state index >= 15 is 0 Å². The van der Waals surface area contributed by atoms with Crippen molar-refractivity contribution in [3.05, 3.63) is 59.9 Å². The van der Waals surface area contributed by atoms with Crippen molar-refractivity contribution in [1.29, 1.82) is 0 Å². The predicted octanol–water partition coefficient (Wildman–Crippen LogP) is 3.60. The molecule has 4 rings (SSSR count). The lowest BCUT2D eigenvalue weighted by atomic mass is 9.90. The van der Waals surface area contributed by atoms with Gasteiger partial charge in [0.1, 0.15) is 0 Å². The fraction of sp³-hybridized carbons (Fsp3) is 0.444. The van der Waals surface area contributed by atoms with Crippen LogP contribution in [0.4, 0.5) is 0 Å². The van der Waals surface area contributed by atoms with E-state index in [4.69, 9.17) is 4.84 Å². The molecule has 3 atom stereocenters. The molecule has 110 valence electrons. The van der Waals surface area contributed by atoms with Gasteiger partial charge < -0.3 is 4.57 Å². The Morgan fingerprint density at radius 2 is 1.95 bits per heavy atom. The Morgan fingerprint density at radius 1 is 1.14 bits per heavy atom. The number of fused-ring (bicyclic) bond motifs is 3. The van der Waals surface area contributed by atoms with E-state index in [2.05, 4.69) is 72.1 Å². The molecular formula is C18H22N2O. The number of rotatable bonds is 3. The maximum absolute atomic E-state index is 6.05. The van der Waals surface area contributed by atoms with Crippen LogP contribution in [0.5, 0.6) is 0 Å². The fourth-order valence-electron chi connectivity index (χ4n) is 4.02. The molecule has 3 heteroatoms. The van der Waals surface area contributed by atoms with Gasteiger partial charge in [-0.3, -0.25) is 4.84 Å². The van der Waals surface area contributed by atoms with Gasteiger partial charge in [0.05, 0.1) is 18.7 Å². The first-order chi connectivity index (χ1) is 10.3. The van der Waals surface area contributed by atoms with Gasteiger partial charge in [-0.05, 0) is 23.6 Å². The SMILES string of the molecule is CC(C)[C@H]1[C@H]2[C@H](CON2Cc2ccccc2)c2cccn21. The van der Waals surface area contributed by atoms with Gasteiger partial charge in [0.2, 0.25) is 0 Å². The Morgan fingerprint density at radius 3 is 2.71 bits per heavy atom. The lowest BCUT2D eigenvalue weighted by Crippen LogP contribution is -2.36. The minimum Gasteiger partial charge on any atom is -0.346 e. The first-order valence-corrected chi connectivity index (χ1v) is 7.86. The molecular weight excluding hydrogens is 260 g/mol. The lowest BCUT2D eigenvalue weighted by Gasteiger charge is -2.30. The topological polar surface area (TPSA) is 17.4 Å². The Bertz CT molecular complexity index is 619. The molecule has 21 heavy (non-hydrogen) atoms. The highest BCUT2D eigenvalue weighted by Crippen LogP contribution is 2.47. The zero-order valence-corrected chi connectivity index (χ0v) is 12.6. The summed E-state index contributed by atoms with van der Waals surface area (Å²) in [6.45, 7) is 6.31.